The van der Waals surface area contributed by atoms with Crippen LogP contribution in [0.3, 0.4) is 0 Å². The average molecular weight is 251 g/mol. The van der Waals surface area contributed by atoms with E-state index in [0.717, 1.165) is 12.1 Å². The summed E-state index contributed by atoms with van der Waals surface area (Å²) < 4.78 is 1.88. The van der Waals surface area contributed by atoms with Gasteiger partial charge in [0.25, 0.3) is 0 Å². The lowest BCUT2D eigenvalue weighted by molar-refractivity contribution is -0.122. The molecule has 0 saturated carbocycles. The number of carbonyl (C=O) groups excluding carboxylic acids is 1. The number of Topliss-reactive ketones (excluding diaryl/α,β-unsaturated/α-hetero) is 1. The minimum absolute atomic E-state index is 0.0331. The maximum Gasteiger partial charge on any atom is 0.143 e. The van der Waals surface area contributed by atoms with E-state index < -0.39 is 0 Å². The molecule has 0 fully saturated rings. The summed E-state index contributed by atoms with van der Waals surface area (Å²) in [6.45, 7) is 8.80. The number of hydrogen-bond donors (Lipinski definition) is 1. The Morgan fingerprint density at radius 1 is 1.39 bits per heavy atom. The molecule has 102 valence electrons. The van der Waals surface area contributed by atoms with Crippen molar-refractivity contribution >= 4 is 5.78 Å². The number of carbonyl (C=O) groups is 1. The molecule has 0 aliphatic rings. The van der Waals surface area contributed by atoms with Crippen molar-refractivity contribution in [2.45, 2.75) is 46.6 Å². The van der Waals surface area contributed by atoms with Crippen LogP contribution in [-0.2, 0) is 11.2 Å². The molecule has 1 aromatic heterocycles. The fraction of sp³-hybridized carbons (Fsp3) is 0.714. The normalized spacial score (nSPS) is 13.3. The van der Waals surface area contributed by atoms with Crippen molar-refractivity contribution in [3.63, 3.8) is 0 Å². The van der Waals surface area contributed by atoms with E-state index in [4.69, 9.17) is 5.73 Å². The fourth-order valence-corrected chi connectivity index (χ4v) is 2.01. The first-order chi connectivity index (χ1) is 8.43. The molecule has 0 aliphatic carbocycles. The molecule has 0 aromatic carbocycles. The highest BCUT2D eigenvalue weighted by Crippen LogP contribution is 2.14. The van der Waals surface area contributed by atoms with Crippen LogP contribution in [0.25, 0.3) is 0 Å². The van der Waals surface area contributed by atoms with Gasteiger partial charge in [0.2, 0.25) is 0 Å². The molecule has 2 N–H and O–H groups in total. The van der Waals surface area contributed by atoms with E-state index in [1.54, 1.807) is 0 Å². The topological polar surface area (TPSA) is 60.9 Å². The second kappa shape index (κ2) is 6.69. The molecule has 1 unspecified atom stereocenters. The van der Waals surface area contributed by atoms with E-state index >= 15 is 0 Å². The van der Waals surface area contributed by atoms with E-state index in [1.807, 2.05) is 16.9 Å². The molecule has 18 heavy (non-hydrogen) atoms. The Balaban J connectivity index is 2.61. The van der Waals surface area contributed by atoms with Crippen molar-refractivity contribution in [3.8, 4) is 0 Å². The van der Waals surface area contributed by atoms with Crippen LogP contribution < -0.4 is 5.73 Å². The summed E-state index contributed by atoms with van der Waals surface area (Å²) in [6.07, 6.45) is 3.18. The summed E-state index contributed by atoms with van der Waals surface area (Å²) >= 11 is 0. The van der Waals surface area contributed by atoms with Gasteiger partial charge in [-0.15, -0.1) is 0 Å². The molecule has 0 amide bonds. The van der Waals surface area contributed by atoms with Gasteiger partial charge < -0.3 is 5.73 Å². The summed E-state index contributed by atoms with van der Waals surface area (Å²) in [5.41, 5.74) is 6.53. The van der Waals surface area contributed by atoms with Gasteiger partial charge in [-0.25, -0.2) is 0 Å². The summed E-state index contributed by atoms with van der Waals surface area (Å²) in [6, 6.07) is 2.25. The first kappa shape index (κ1) is 14.9. The van der Waals surface area contributed by atoms with E-state index in [9.17, 15) is 4.79 Å². The van der Waals surface area contributed by atoms with E-state index in [0.29, 0.717) is 24.9 Å². The fourth-order valence-electron chi connectivity index (χ4n) is 2.01. The maximum atomic E-state index is 12.1. The molecule has 0 saturated heterocycles. The predicted octanol–water partition coefficient (Wildman–Crippen LogP) is 2.20. The van der Waals surface area contributed by atoms with Gasteiger partial charge in [-0.1, -0.05) is 13.8 Å². The zero-order valence-electron chi connectivity index (χ0n) is 11.9. The quantitative estimate of drug-likeness (QED) is 0.808. The zero-order valence-corrected chi connectivity index (χ0v) is 11.9. The second-order valence-corrected chi connectivity index (χ2v) is 5.59. The van der Waals surface area contributed by atoms with Crippen LogP contribution in [-0.4, -0.2) is 22.1 Å². The molecular weight excluding hydrogens is 226 g/mol. The Kier molecular flexibility index (Phi) is 5.54. The zero-order chi connectivity index (χ0) is 13.7. The molecular formula is C14H25N3O. The van der Waals surface area contributed by atoms with Gasteiger partial charge in [-0.3, -0.25) is 9.48 Å². The Bertz CT molecular complexity index is 382. The number of nitrogens with zero attached hydrogens (tertiary/aromatic N) is 2. The van der Waals surface area contributed by atoms with Gasteiger partial charge in [0.15, 0.2) is 0 Å². The lowest BCUT2D eigenvalue weighted by Gasteiger charge is -2.15. The molecule has 1 heterocycles. The van der Waals surface area contributed by atoms with Crippen molar-refractivity contribution < 1.29 is 4.79 Å². The maximum absolute atomic E-state index is 12.1. The van der Waals surface area contributed by atoms with Crippen LogP contribution in [0.5, 0.6) is 0 Å². The van der Waals surface area contributed by atoms with Crippen LogP contribution in [0.15, 0.2) is 12.3 Å². The van der Waals surface area contributed by atoms with Gasteiger partial charge >= 0.3 is 0 Å². The lowest BCUT2D eigenvalue weighted by Crippen LogP contribution is -2.26. The molecule has 4 nitrogen and oxygen atoms in total. The van der Waals surface area contributed by atoms with Crippen LogP contribution in [0.1, 0.15) is 45.9 Å². The monoisotopic (exact) mass is 251 g/mol. The molecule has 4 heteroatoms. The number of nitrogens with two attached hydrogens (primary N) is 1. The smallest absolute Gasteiger partial charge is 0.143 e. The molecule has 0 aliphatic heterocycles. The highest BCUT2D eigenvalue weighted by molar-refractivity contribution is 5.83. The minimum atomic E-state index is -0.0331. The molecule has 0 spiro atoms. The Morgan fingerprint density at radius 3 is 2.50 bits per heavy atom. The molecule has 1 rings (SSSR count). The summed E-state index contributed by atoms with van der Waals surface area (Å²) in [5.74, 6) is 0.671. The van der Waals surface area contributed by atoms with Crippen molar-refractivity contribution in [2.24, 2.45) is 17.6 Å². The first-order valence-corrected chi connectivity index (χ1v) is 6.70. The lowest BCUT2D eigenvalue weighted by atomic mass is 9.91. The summed E-state index contributed by atoms with van der Waals surface area (Å²) in [5, 5.41) is 4.40. The van der Waals surface area contributed by atoms with E-state index in [2.05, 4.69) is 32.8 Å². The molecule has 0 radical (unpaired) electrons. The van der Waals surface area contributed by atoms with Crippen molar-refractivity contribution in [2.75, 3.05) is 6.54 Å². The van der Waals surface area contributed by atoms with Crippen LogP contribution >= 0.6 is 0 Å². The standard InChI is InChI=1S/C14H25N3O/c1-10(2)7-12(9-15)14(18)8-13-5-6-17(16-13)11(3)4/h5-6,10-12H,7-9,15H2,1-4H3. The third-order valence-electron chi connectivity index (χ3n) is 3.04. The van der Waals surface area contributed by atoms with Gasteiger partial charge in [0.05, 0.1) is 12.1 Å². The molecule has 1 atom stereocenters. The van der Waals surface area contributed by atoms with Crippen LogP contribution in [0, 0.1) is 11.8 Å². The van der Waals surface area contributed by atoms with Gasteiger partial charge in [0.1, 0.15) is 5.78 Å². The van der Waals surface area contributed by atoms with E-state index in [-0.39, 0.29) is 11.7 Å². The van der Waals surface area contributed by atoms with Gasteiger partial charge in [-0.05, 0) is 32.3 Å². The average Bonchev–Trinajstić information content (AvgIpc) is 2.74. The SMILES string of the molecule is CC(C)CC(CN)C(=O)Cc1ccn(C(C)C)n1. The van der Waals surface area contributed by atoms with Crippen molar-refractivity contribution in [3.05, 3.63) is 18.0 Å². The number of aromatic nitrogens is 2. The summed E-state index contributed by atoms with van der Waals surface area (Å²) in [4.78, 5) is 12.1. The third kappa shape index (κ3) is 4.26. The number of rotatable bonds is 7. The number of ketones is 1. The highest BCUT2D eigenvalue weighted by atomic mass is 16.1. The van der Waals surface area contributed by atoms with Gasteiger partial charge in [0, 0.05) is 24.7 Å². The second-order valence-electron chi connectivity index (χ2n) is 5.59. The Morgan fingerprint density at radius 2 is 2.06 bits per heavy atom. The number of hydrogen-bond acceptors (Lipinski definition) is 3. The Labute approximate surface area is 110 Å². The minimum Gasteiger partial charge on any atom is -0.330 e. The molecule has 1 aromatic rings. The first-order valence-electron chi connectivity index (χ1n) is 6.70. The largest absolute Gasteiger partial charge is 0.330 e. The van der Waals surface area contributed by atoms with Crippen LogP contribution in [0.2, 0.25) is 0 Å². The summed E-state index contributed by atoms with van der Waals surface area (Å²) in [7, 11) is 0. The molecule has 0 bridgehead atoms. The third-order valence-corrected chi connectivity index (χ3v) is 3.04. The van der Waals surface area contributed by atoms with Crippen molar-refractivity contribution in [1.29, 1.82) is 0 Å². The predicted molar refractivity (Wildman–Crippen MR) is 73.3 cm³/mol. The van der Waals surface area contributed by atoms with E-state index in [1.165, 1.54) is 0 Å². The highest BCUT2D eigenvalue weighted by Gasteiger charge is 2.19. The van der Waals surface area contributed by atoms with Crippen molar-refractivity contribution in [1.82, 2.24) is 9.78 Å². The van der Waals surface area contributed by atoms with Gasteiger partial charge in [-0.2, -0.15) is 5.10 Å². The Hall–Kier alpha value is -1.16. The van der Waals surface area contributed by atoms with Crippen LogP contribution in [0.4, 0.5) is 0 Å².